The van der Waals surface area contributed by atoms with Crippen LogP contribution in [0.5, 0.6) is 11.5 Å². The second-order valence-electron chi connectivity index (χ2n) is 5.67. The van der Waals surface area contributed by atoms with E-state index in [-0.39, 0.29) is 22.9 Å². The summed E-state index contributed by atoms with van der Waals surface area (Å²) in [6.07, 6.45) is 1.47. The second kappa shape index (κ2) is 8.35. The first-order valence-electron chi connectivity index (χ1n) is 8.31. The molecule has 0 aliphatic carbocycles. The molecule has 0 atom stereocenters. The van der Waals surface area contributed by atoms with E-state index in [0.29, 0.717) is 22.4 Å². The van der Waals surface area contributed by atoms with E-state index in [9.17, 15) is 14.0 Å². The number of ether oxygens (including phenoxy) is 3. The van der Waals surface area contributed by atoms with Gasteiger partial charge in [-0.2, -0.15) is 0 Å². The summed E-state index contributed by atoms with van der Waals surface area (Å²) in [6.45, 7) is 3.42. The number of aliphatic imine (C=N–C) groups is 1. The number of benzene rings is 2. The van der Waals surface area contributed by atoms with E-state index < -0.39 is 17.8 Å². The number of cyclic esters (lactones) is 1. The smallest absolute Gasteiger partial charge is 0.363 e. The van der Waals surface area contributed by atoms with Crippen molar-refractivity contribution < 1.29 is 28.2 Å². The van der Waals surface area contributed by atoms with Crippen LogP contribution in [0.25, 0.3) is 6.08 Å². The molecule has 0 spiro atoms. The number of hydrogen-bond donors (Lipinski definition) is 0. The van der Waals surface area contributed by atoms with Crippen molar-refractivity contribution in [2.45, 2.75) is 13.8 Å². The minimum Gasteiger partial charge on any atom is -0.490 e. The summed E-state index contributed by atoms with van der Waals surface area (Å²) < 4.78 is 30.1. The lowest BCUT2D eigenvalue weighted by Gasteiger charge is -2.12. The van der Waals surface area contributed by atoms with Gasteiger partial charge in [-0.05, 0) is 58.8 Å². The van der Waals surface area contributed by atoms with Gasteiger partial charge in [-0.1, -0.05) is 12.1 Å². The zero-order valence-electron chi connectivity index (χ0n) is 15.0. The van der Waals surface area contributed by atoms with Crippen molar-refractivity contribution >= 4 is 39.8 Å². The Hall–Kier alpha value is -3.00. The molecule has 8 heteroatoms. The van der Waals surface area contributed by atoms with Gasteiger partial charge in [0.25, 0.3) is 0 Å². The first-order chi connectivity index (χ1) is 13.4. The maximum Gasteiger partial charge on any atom is 0.363 e. The molecule has 28 heavy (non-hydrogen) atoms. The molecule has 3 rings (SSSR count). The maximum atomic E-state index is 13.9. The van der Waals surface area contributed by atoms with E-state index >= 15 is 0 Å². The Kier molecular flexibility index (Phi) is 5.89. The molecule has 144 valence electrons. The molecule has 6 nitrogen and oxygen atoms in total. The fourth-order valence-corrected chi connectivity index (χ4v) is 3.03. The van der Waals surface area contributed by atoms with Gasteiger partial charge in [0, 0.05) is 6.92 Å². The Morgan fingerprint density at radius 1 is 1.32 bits per heavy atom. The van der Waals surface area contributed by atoms with Crippen LogP contribution in [0.3, 0.4) is 0 Å². The van der Waals surface area contributed by atoms with Gasteiger partial charge in [0.15, 0.2) is 17.2 Å². The number of rotatable bonds is 5. The van der Waals surface area contributed by atoms with E-state index in [0.717, 1.165) is 0 Å². The molecule has 0 aromatic heterocycles. The van der Waals surface area contributed by atoms with Crippen molar-refractivity contribution in [1.82, 2.24) is 0 Å². The Bertz CT molecular complexity index is 1020. The summed E-state index contributed by atoms with van der Waals surface area (Å²) in [4.78, 5) is 27.5. The quantitative estimate of drug-likeness (QED) is 0.389. The summed E-state index contributed by atoms with van der Waals surface area (Å²) in [6, 6.07) is 9.12. The highest BCUT2D eigenvalue weighted by molar-refractivity contribution is 9.10. The van der Waals surface area contributed by atoms with Gasteiger partial charge in [-0.3, -0.25) is 4.79 Å². The molecular weight excluding hydrogens is 433 g/mol. The topological polar surface area (TPSA) is 74.2 Å². The number of carbonyl (C=O) groups excluding carboxylic acids is 2. The van der Waals surface area contributed by atoms with Crippen LogP contribution >= 0.6 is 15.9 Å². The van der Waals surface area contributed by atoms with Gasteiger partial charge in [0.1, 0.15) is 5.82 Å². The number of halogens is 2. The lowest BCUT2D eigenvalue weighted by Crippen LogP contribution is -2.07. The fourth-order valence-electron chi connectivity index (χ4n) is 2.49. The van der Waals surface area contributed by atoms with Crippen molar-refractivity contribution in [3.63, 3.8) is 0 Å². The van der Waals surface area contributed by atoms with Crippen molar-refractivity contribution in [2.75, 3.05) is 6.61 Å². The third kappa shape index (κ3) is 4.28. The molecule has 0 unspecified atom stereocenters. The largest absolute Gasteiger partial charge is 0.490 e. The molecule has 0 fully saturated rings. The third-order valence-corrected chi connectivity index (χ3v) is 4.19. The average molecular weight is 448 g/mol. The standard InChI is InChI=1S/C20H15BrFNO5/c1-3-26-17-10-12(8-14(21)18(17)27-11(2)24)9-16-20(25)28-19(23-16)13-6-4-5-7-15(13)22/h4-10H,3H2,1-2H3/b16-9-. The van der Waals surface area contributed by atoms with Crippen molar-refractivity contribution in [3.05, 3.63) is 63.5 Å². The molecule has 1 aliphatic heterocycles. The Morgan fingerprint density at radius 3 is 2.75 bits per heavy atom. The zero-order valence-corrected chi connectivity index (χ0v) is 16.6. The Morgan fingerprint density at radius 2 is 2.07 bits per heavy atom. The van der Waals surface area contributed by atoms with Crippen LogP contribution in [0.4, 0.5) is 4.39 Å². The van der Waals surface area contributed by atoms with E-state index in [4.69, 9.17) is 14.2 Å². The van der Waals surface area contributed by atoms with Crippen LogP contribution in [0.2, 0.25) is 0 Å². The summed E-state index contributed by atoms with van der Waals surface area (Å²) in [7, 11) is 0. The predicted molar refractivity (Wildman–Crippen MR) is 104 cm³/mol. The molecule has 0 saturated carbocycles. The average Bonchev–Trinajstić information content (AvgIpc) is 2.99. The minimum absolute atomic E-state index is 0.00726. The molecule has 0 amide bonds. The van der Waals surface area contributed by atoms with Crippen LogP contribution in [0.15, 0.2) is 51.6 Å². The summed E-state index contributed by atoms with van der Waals surface area (Å²) in [5, 5.41) is 0. The van der Waals surface area contributed by atoms with Crippen LogP contribution < -0.4 is 9.47 Å². The molecule has 0 radical (unpaired) electrons. The summed E-state index contributed by atoms with van der Waals surface area (Å²) in [5.74, 6) is -1.27. The van der Waals surface area contributed by atoms with Crippen LogP contribution in [0, 0.1) is 5.82 Å². The monoisotopic (exact) mass is 447 g/mol. The number of carbonyl (C=O) groups is 2. The highest BCUT2D eigenvalue weighted by Gasteiger charge is 2.26. The predicted octanol–water partition coefficient (Wildman–Crippen LogP) is 4.26. The van der Waals surface area contributed by atoms with Crippen molar-refractivity contribution in [2.24, 2.45) is 4.99 Å². The first-order valence-corrected chi connectivity index (χ1v) is 9.10. The van der Waals surface area contributed by atoms with Gasteiger partial charge < -0.3 is 14.2 Å². The van der Waals surface area contributed by atoms with E-state index in [2.05, 4.69) is 20.9 Å². The minimum atomic E-state index is -0.698. The molecule has 2 aromatic rings. The highest BCUT2D eigenvalue weighted by atomic mass is 79.9. The van der Waals surface area contributed by atoms with Gasteiger partial charge >= 0.3 is 11.9 Å². The molecule has 0 N–H and O–H groups in total. The van der Waals surface area contributed by atoms with Gasteiger partial charge in [-0.25, -0.2) is 14.2 Å². The number of nitrogens with zero attached hydrogens (tertiary/aromatic N) is 1. The normalized spacial score (nSPS) is 14.6. The number of esters is 2. The maximum absolute atomic E-state index is 13.9. The Labute approximate surface area is 168 Å². The molecule has 1 aliphatic rings. The molecule has 0 saturated heterocycles. The van der Waals surface area contributed by atoms with E-state index in [1.54, 1.807) is 25.1 Å². The van der Waals surface area contributed by atoms with E-state index in [1.807, 2.05) is 0 Å². The van der Waals surface area contributed by atoms with Crippen LogP contribution in [0.1, 0.15) is 25.0 Å². The summed E-state index contributed by atoms with van der Waals surface area (Å²) >= 11 is 3.33. The third-order valence-electron chi connectivity index (χ3n) is 3.61. The van der Waals surface area contributed by atoms with Crippen molar-refractivity contribution in [3.8, 4) is 11.5 Å². The molecule has 0 bridgehead atoms. The second-order valence-corrected chi connectivity index (χ2v) is 6.53. The molecular formula is C20H15BrFNO5. The van der Waals surface area contributed by atoms with Crippen molar-refractivity contribution in [1.29, 1.82) is 0 Å². The van der Waals surface area contributed by atoms with Gasteiger partial charge in [0.05, 0.1) is 16.6 Å². The van der Waals surface area contributed by atoms with Crippen LogP contribution in [-0.2, 0) is 14.3 Å². The fraction of sp³-hybridized carbons (Fsp3) is 0.150. The molecule has 1 heterocycles. The first kappa shape index (κ1) is 19.8. The SMILES string of the molecule is CCOc1cc(/C=C2\N=C(c3ccccc3F)OC2=O)cc(Br)c1OC(C)=O. The van der Waals surface area contributed by atoms with E-state index in [1.165, 1.54) is 31.2 Å². The van der Waals surface area contributed by atoms with Gasteiger partial charge in [-0.15, -0.1) is 0 Å². The number of hydrogen-bond acceptors (Lipinski definition) is 6. The van der Waals surface area contributed by atoms with Gasteiger partial charge in [0.2, 0.25) is 5.90 Å². The van der Waals surface area contributed by atoms with Crippen LogP contribution in [-0.4, -0.2) is 24.4 Å². The highest BCUT2D eigenvalue weighted by Crippen LogP contribution is 2.38. The lowest BCUT2D eigenvalue weighted by molar-refractivity contribution is -0.132. The summed E-state index contributed by atoms with van der Waals surface area (Å²) in [5.41, 5.74) is 0.658. The Balaban J connectivity index is 1.99. The molecule has 2 aromatic carbocycles. The lowest BCUT2D eigenvalue weighted by atomic mass is 10.1. The zero-order chi connectivity index (χ0) is 20.3.